The summed E-state index contributed by atoms with van der Waals surface area (Å²) in [6, 6.07) is 0. The highest BCUT2D eigenvalue weighted by Crippen LogP contribution is 2.16. The molecule has 0 spiro atoms. The number of hydrogen-bond acceptors (Lipinski definition) is 4. The second-order valence-corrected chi connectivity index (χ2v) is 3.98. The molecule has 0 aliphatic carbocycles. The van der Waals surface area contributed by atoms with E-state index in [1.54, 1.807) is 20.8 Å². The maximum Gasteiger partial charge on any atom is 0.341 e. The Labute approximate surface area is 82.8 Å². The summed E-state index contributed by atoms with van der Waals surface area (Å²) in [7, 11) is 0. The fourth-order valence-corrected chi connectivity index (χ4v) is 0.922. The van der Waals surface area contributed by atoms with Crippen molar-refractivity contribution in [1.29, 1.82) is 0 Å². The second kappa shape index (κ2) is 3.74. The summed E-state index contributed by atoms with van der Waals surface area (Å²) in [5.41, 5.74) is -0.409. The number of aliphatic hydroxyl groups is 1. The van der Waals surface area contributed by atoms with Crippen LogP contribution in [0.4, 0.5) is 0 Å². The highest BCUT2D eigenvalue weighted by atomic mass is 16.6. The number of hydrogen-bond donors (Lipinski definition) is 1. The number of allylic oxidation sites excluding steroid dienone is 1. The van der Waals surface area contributed by atoms with E-state index in [9.17, 15) is 9.90 Å². The maximum absolute atomic E-state index is 11.5. The summed E-state index contributed by atoms with van der Waals surface area (Å²) in [4.78, 5) is 11.5. The molecule has 1 N–H and O–H groups in total. The number of esters is 1. The minimum Gasteiger partial charge on any atom is -0.507 e. The fourth-order valence-electron chi connectivity index (χ4n) is 0.922. The molecule has 78 valence electrons. The third kappa shape index (κ3) is 2.80. The molecule has 4 heteroatoms. The van der Waals surface area contributed by atoms with Crippen LogP contribution in [0.5, 0.6) is 0 Å². The van der Waals surface area contributed by atoms with Gasteiger partial charge in [-0.2, -0.15) is 0 Å². The molecule has 0 saturated carbocycles. The Hall–Kier alpha value is -1.45. The van der Waals surface area contributed by atoms with Crippen molar-refractivity contribution >= 4 is 5.97 Å². The predicted molar refractivity (Wildman–Crippen MR) is 50.6 cm³/mol. The van der Waals surface area contributed by atoms with Crippen LogP contribution in [0.3, 0.4) is 0 Å². The monoisotopic (exact) mass is 198 g/mol. The molecule has 1 heterocycles. The Balaban J connectivity index is 2.74. The van der Waals surface area contributed by atoms with E-state index in [1.807, 2.05) is 0 Å². The van der Waals surface area contributed by atoms with Crippen molar-refractivity contribution in [1.82, 2.24) is 0 Å². The van der Waals surface area contributed by atoms with Crippen molar-refractivity contribution in [3.8, 4) is 0 Å². The van der Waals surface area contributed by atoms with Crippen molar-refractivity contribution in [3.63, 3.8) is 0 Å². The van der Waals surface area contributed by atoms with Crippen LogP contribution in [0.15, 0.2) is 23.7 Å². The summed E-state index contributed by atoms with van der Waals surface area (Å²) in [5, 5.41) is 9.35. The molecule has 0 aromatic heterocycles. The summed E-state index contributed by atoms with van der Waals surface area (Å²) >= 11 is 0. The van der Waals surface area contributed by atoms with E-state index < -0.39 is 11.6 Å². The molecule has 0 unspecified atom stereocenters. The van der Waals surface area contributed by atoms with Crippen molar-refractivity contribution < 1.29 is 19.4 Å². The standard InChI is InChI=1S/C10H14O4/c1-10(2,3)14-9(12)7-6-13-5-4-8(7)11/h4-5,11H,6H2,1-3H3. The fraction of sp³-hybridized carbons (Fsp3) is 0.500. The van der Waals surface area contributed by atoms with E-state index in [0.717, 1.165) is 0 Å². The summed E-state index contributed by atoms with van der Waals surface area (Å²) in [5.74, 6) is -0.634. The zero-order valence-electron chi connectivity index (χ0n) is 8.53. The lowest BCUT2D eigenvalue weighted by Crippen LogP contribution is -2.27. The smallest absolute Gasteiger partial charge is 0.341 e. The number of carbonyl (C=O) groups excluding carboxylic acids is 1. The Kier molecular flexibility index (Phi) is 2.84. The van der Waals surface area contributed by atoms with E-state index in [-0.39, 0.29) is 17.9 Å². The van der Waals surface area contributed by atoms with E-state index >= 15 is 0 Å². The van der Waals surface area contributed by atoms with Gasteiger partial charge in [-0.05, 0) is 20.8 Å². The molecule has 0 fully saturated rings. The van der Waals surface area contributed by atoms with Gasteiger partial charge < -0.3 is 14.6 Å². The topological polar surface area (TPSA) is 55.8 Å². The van der Waals surface area contributed by atoms with Gasteiger partial charge in [-0.1, -0.05) is 0 Å². The van der Waals surface area contributed by atoms with Crippen LogP contribution in [0.2, 0.25) is 0 Å². The molecule has 1 rings (SSSR count). The molecule has 0 aromatic rings. The number of carbonyl (C=O) groups is 1. The van der Waals surface area contributed by atoms with Crippen LogP contribution in [-0.2, 0) is 14.3 Å². The minimum absolute atomic E-state index is 0.0528. The van der Waals surface area contributed by atoms with Gasteiger partial charge in [0, 0.05) is 6.08 Å². The zero-order chi connectivity index (χ0) is 10.8. The maximum atomic E-state index is 11.5. The van der Waals surface area contributed by atoms with Crippen molar-refractivity contribution in [3.05, 3.63) is 23.7 Å². The van der Waals surface area contributed by atoms with Gasteiger partial charge in [-0.15, -0.1) is 0 Å². The molecule has 0 bridgehead atoms. The first kappa shape index (κ1) is 10.6. The highest BCUT2D eigenvalue weighted by Gasteiger charge is 2.23. The van der Waals surface area contributed by atoms with Gasteiger partial charge in [-0.3, -0.25) is 0 Å². The molecule has 4 nitrogen and oxygen atoms in total. The van der Waals surface area contributed by atoms with Crippen molar-refractivity contribution in [2.75, 3.05) is 6.61 Å². The molecule has 0 aromatic carbocycles. The van der Waals surface area contributed by atoms with Crippen LogP contribution in [0.1, 0.15) is 20.8 Å². The van der Waals surface area contributed by atoms with Crippen LogP contribution < -0.4 is 0 Å². The average Bonchev–Trinajstić information content (AvgIpc) is 2.01. The molecule has 1 aliphatic rings. The van der Waals surface area contributed by atoms with Gasteiger partial charge in [0.05, 0.1) is 6.26 Å². The first-order valence-electron chi connectivity index (χ1n) is 4.34. The molecular formula is C10H14O4. The van der Waals surface area contributed by atoms with Crippen LogP contribution >= 0.6 is 0 Å². The molecule has 14 heavy (non-hydrogen) atoms. The van der Waals surface area contributed by atoms with Gasteiger partial charge >= 0.3 is 5.97 Å². The van der Waals surface area contributed by atoms with E-state index in [1.165, 1.54) is 12.3 Å². The Morgan fingerprint density at radius 2 is 2.21 bits per heavy atom. The SMILES string of the molecule is CC(C)(C)OC(=O)C1=C(O)C=COC1. The summed E-state index contributed by atoms with van der Waals surface area (Å²) in [6.45, 7) is 5.35. The largest absolute Gasteiger partial charge is 0.507 e. The number of rotatable bonds is 1. The van der Waals surface area contributed by atoms with Gasteiger partial charge in [0.2, 0.25) is 0 Å². The van der Waals surface area contributed by atoms with Gasteiger partial charge in [0.15, 0.2) is 0 Å². The molecule has 0 atom stereocenters. The van der Waals surface area contributed by atoms with Gasteiger partial charge in [0.25, 0.3) is 0 Å². The Morgan fingerprint density at radius 1 is 1.57 bits per heavy atom. The summed E-state index contributed by atoms with van der Waals surface area (Å²) in [6.07, 6.45) is 2.66. The van der Waals surface area contributed by atoms with Crippen molar-refractivity contribution in [2.24, 2.45) is 0 Å². The third-order valence-electron chi connectivity index (χ3n) is 1.50. The molecule has 0 amide bonds. The van der Waals surface area contributed by atoms with Gasteiger partial charge in [0.1, 0.15) is 23.5 Å². The lowest BCUT2D eigenvalue weighted by molar-refractivity contribution is -0.150. The van der Waals surface area contributed by atoms with Crippen LogP contribution in [-0.4, -0.2) is 23.3 Å². The number of ether oxygens (including phenoxy) is 2. The van der Waals surface area contributed by atoms with Gasteiger partial charge in [-0.25, -0.2) is 4.79 Å². The molecule has 1 aliphatic heterocycles. The normalized spacial score (nSPS) is 16.5. The van der Waals surface area contributed by atoms with E-state index in [0.29, 0.717) is 0 Å². The predicted octanol–water partition coefficient (Wildman–Crippen LogP) is 1.68. The lowest BCUT2D eigenvalue weighted by atomic mass is 10.1. The van der Waals surface area contributed by atoms with E-state index in [2.05, 4.69) is 0 Å². The Bertz CT molecular complexity index is 294. The number of aliphatic hydroxyl groups excluding tert-OH is 1. The lowest BCUT2D eigenvalue weighted by Gasteiger charge is -2.21. The Morgan fingerprint density at radius 3 is 2.71 bits per heavy atom. The van der Waals surface area contributed by atoms with Crippen molar-refractivity contribution in [2.45, 2.75) is 26.4 Å². The zero-order valence-corrected chi connectivity index (χ0v) is 8.53. The first-order valence-corrected chi connectivity index (χ1v) is 4.34. The first-order chi connectivity index (χ1) is 6.40. The van der Waals surface area contributed by atoms with Crippen LogP contribution in [0, 0.1) is 0 Å². The average molecular weight is 198 g/mol. The minimum atomic E-state index is -0.564. The quantitative estimate of drug-likeness (QED) is 0.651. The van der Waals surface area contributed by atoms with E-state index in [4.69, 9.17) is 9.47 Å². The summed E-state index contributed by atoms with van der Waals surface area (Å²) < 4.78 is 9.97. The second-order valence-electron chi connectivity index (χ2n) is 3.98. The molecule has 0 saturated heterocycles. The van der Waals surface area contributed by atoms with Crippen LogP contribution in [0.25, 0.3) is 0 Å². The molecule has 0 radical (unpaired) electrons. The third-order valence-corrected chi connectivity index (χ3v) is 1.50. The molecular weight excluding hydrogens is 184 g/mol. The highest BCUT2D eigenvalue weighted by molar-refractivity contribution is 5.90.